The van der Waals surface area contributed by atoms with Gasteiger partial charge in [-0.3, -0.25) is 0 Å². The lowest BCUT2D eigenvalue weighted by Gasteiger charge is -1.94. The summed E-state index contributed by atoms with van der Waals surface area (Å²) in [6.45, 7) is 9.44. The smallest absolute Gasteiger partial charge is 0.200 e. The molecule has 0 saturated carbocycles. The topological polar surface area (TPSA) is 46.5 Å². The molecule has 0 aliphatic rings. The van der Waals surface area contributed by atoms with Crippen LogP contribution in [0.3, 0.4) is 0 Å². The third kappa shape index (κ3) is 1.97. The molecule has 0 aromatic carbocycles. The third-order valence-electron chi connectivity index (χ3n) is 0.814. The molecule has 0 aromatic heterocycles. The molecule has 9 heavy (non-hydrogen) atoms. The zero-order chi connectivity index (χ0) is 7.49. The van der Waals surface area contributed by atoms with Crippen LogP contribution in [0, 0.1) is 6.92 Å². The molecule has 0 spiro atoms. The molecule has 0 bridgehead atoms. The lowest BCUT2D eigenvalue weighted by molar-refractivity contribution is 0.603. The fraction of sp³-hybridized carbons (Fsp3) is 0.200. The van der Waals surface area contributed by atoms with Crippen LogP contribution in [0.25, 0.3) is 0 Å². The van der Waals surface area contributed by atoms with Crippen molar-refractivity contribution >= 4 is 16.7 Å². The van der Waals surface area contributed by atoms with Crippen molar-refractivity contribution in [2.75, 3.05) is 0 Å². The van der Waals surface area contributed by atoms with Crippen molar-refractivity contribution in [2.24, 2.45) is 4.40 Å². The normalized spacial score (nSPS) is 10.8. The minimum absolute atomic E-state index is 0.00231. The predicted molar refractivity (Wildman–Crippen MR) is 37.6 cm³/mol. The Balaban J connectivity index is 4.56. The van der Waals surface area contributed by atoms with E-state index in [9.17, 15) is 8.42 Å². The van der Waals surface area contributed by atoms with Crippen LogP contribution in [0.1, 0.15) is 6.42 Å². The van der Waals surface area contributed by atoms with Gasteiger partial charge in [0.05, 0.1) is 4.91 Å². The van der Waals surface area contributed by atoms with E-state index in [-0.39, 0.29) is 11.3 Å². The Hall–Kier alpha value is -0.640. The molecule has 0 unspecified atom stereocenters. The Bertz CT molecular complexity index is 215. The maximum absolute atomic E-state index is 10.6. The molecule has 3 nitrogen and oxygen atoms in total. The maximum atomic E-state index is 10.6. The minimum atomic E-state index is -3.49. The van der Waals surface area contributed by atoms with Crippen molar-refractivity contribution in [1.82, 2.24) is 0 Å². The number of rotatable bonds is 3. The van der Waals surface area contributed by atoms with Crippen LogP contribution in [-0.2, 0) is 10.0 Å². The summed E-state index contributed by atoms with van der Waals surface area (Å²) in [4.78, 5) is -0.00231. The molecule has 0 atom stereocenters. The fourth-order valence-electron chi connectivity index (χ4n) is 0.220. The van der Waals surface area contributed by atoms with Gasteiger partial charge >= 0.3 is 0 Å². The summed E-state index contributed by atoms with van der Waals surface area (Å²) >= 11 is 0. The molecule has 0 amide bonds. The fourth-order valence-corrected chi connectivity index (χ4v) is 0.661. The average Bonchev–Trinajstić information content (AvgIpc) is 1.86. The highest BCUT2D eigenvalue weighted by molar-refractivity contribution is 7.94. The van der Waals surface area contributed by atoms with Gasteiger partial charge in [-0.2, -0.15) is 12.8 Å². The lowest BCUT2D eigenvalue weighted by atomic mass is 10.5. The summed E-state index contributed by atoms with van der Waals surface area (Å²) < 4.78 is 24.0. The van der Waals surface area contributed by atoms with Crippen LogP contribution in [0.2, 0.25) is 0 Å². The van der Waals surface area contributed by atoms with Crippen LogP contribution in [0.5, 0.6) is 0 Å². The second-order valence-corrected chi connectivity index (χ2v) is 3.18. The van der Waals surface area contributed by atoms with E-state index in [0.717, 1.165) is 0 Å². The Morgan fingerprint density at radius 2 is 2.00 bits per heavy atom. The first-order valence-electron chi connectivity index (χ1n) is 2.24. The SMILES string of the molecule is [CH2]CC(=C)S(=O)(=O)N=C. The molecular formula is C5H8NO2S. The number of hydrogen-bond acceptors (Lipinski definition) is 2. The van der Waals surface area contributed by atoms with Crippen molar-refractivity contribution in [3.8, 4) is 0 Å². The molecule has 4 heteroatoms. The molecule has 0 heterocycles. The summed E-state index contributed by atoms with van der Waals surface area (Å²) in [5, 5.41) is 0. The molecule has 0 fully saturated rings. The molecule has 0 rings (SSSR count). The second kappa shape index (κ2) is 2.77. The van der Waals surface area contributed by atoms with E-state index in [1.54, 1.807) is 0 Å². The van der Waals surface area contributed by atoms with Gasteiger partial charge in [0.15, 0.2) is 0 Å². The Morgan fingerprint density at radius 3 is 2.11 bits per heavy atom. The van der Waals surface area contributed by atoms with Gasteiger partial charge in [-0.1, -0.05) is 6.58 Å². The van der Waals surface area contributed by atoms with Crippen LogP contribution < -0.4 is 0 Å². The zero-order valence-corrected chi connectivity index (χ0v) is 5.82. The standard InChI is InChI=1S/C5H8NO2S/c1-4-5(2)9(7,8)6-3/h1-4H2. The average molecular weight is 146 g/mol. The van der Waals surface area contributed by atoms with E-state index in [0.29, 0.717) is 0 Å². The predicted octanol–water partition coefficient (Wildman–Crippen LogP) is 0.755. The van der Waals surface area contributed by atoms with Crippen molar-refractivity contribution in [1.29, 1.82) is 0 Å². The van der Waals surface area contributed by atoms with E-state index in [1.807, 2.05) is 0 Å². The van der Waals surface area contributed by atoms with E-state index < -0.39 is 10.0 Å². The summed E-state index contributed by atoms with van der Waals surface area (Å²) in [6, 6.07) is 0. The highest BCUT2D eigenvalue weighted by Crippen LogP contribution is 2.07. The van der Waals surface area contributed by atoms with Crippen LogP contribution in [0.15, 0.2) is 15.9 Å². The number of nitrogens with zero attached hydrogens (tertiary/aromatic N) is 1. The van der Waals surface area contributed by atoms with Gasteiger partial charge in [0.1, 0.15) is 0 Å². The van der Waals surface area contributed by atoms with E-state index in [2.05, 4.69) is 24.6 Å². The number of allylic oxidation sites excluding steroid dienone is 1. The largest absolute Gasteiger partial charge is 0.277 e. The molecule has 1 radical (unpaired) electrons. The first-order valence-corrected chi connectivity index (χ1v) is 3.68. The van der Waals surface area contributed by atoms with Gasteiger partial charge in [-0.05, 0) is 13.3 Å². The van der Waals surface area contributed by atoms with Gasteiger partial charge in [-0.15, -0.1) is 0 Å². The van der Waals surface area contributed by atoms with Crippen LogP contribution >= 0.6 is 0 Å². The Morgan fingerprint density at radius 1 is 1.56 bits per heavy atom. The first-order chi connectivity index (χ1) is 4.04. The van der Waals surface area contributed by atoms with Crippen molar-refractivity contribution < 1.29 is 8.42 Å². The summed E-state index contributed by atoms with van der Waals surface area (Å²) in [5.41, 5.74) is 0. The molecule has 0 aliphatic carbocycles. The monoisotopic (exact) mass is 146 g/mol. The van der Waals surface area contributed by atoms with Crippen molar-refractivity contribution in [3.05, 3.63) is 18.4 Å². The minimum Gasteiger partial charge on any atom is -0.200 e. The summed E-state index contributed by atoms with van der Waals surface area (Å²) in [6.07, 6.45) is 0.140. The first kappa shape index (κ1) is 8.36. The van der Waals surface area contributed by atoms with Gasteiger partial charge < -0.3 is 0 Å². The van der Waals surface area contributed by atoms with E-state index in [1.165, 1.54) is 0 Å². The van der Waals surface area contributed by atoms with E-state index in [4.69, 9.17) is 0 Å². The van der Waals surface area contributed by atoms with Crippen LogP contribution in [0.4, 0.5) is 0 Å². The Kier molecular flexibility index (Phi) is 2.58. The lowest BCUT2D eigenvalue weighted by Crippen LogP contribution is -1.96. The third-order valence-corrected chi connectivity index (χ3v) is 2.09. The van der Waals surface area contributed by atoms with Gasteiger partial charge in [0.25, 0.3) is 10.0 Å². The van der Waals surface area contributed by atoms with Gasteiger partial charge in [0.2, 0.25) is 0 Å². The quantitative estimate of drug-likeness (QED) is 0.552. The Labute approximate surface area is 55.2 Å². The molecular weight excluding hydrogens is 138 g/mol. The second-order valence-electron chi connectivity index (χ2n) is 1.39. The summed E-state index contributed by atoms with van der Waals surface area (Å²) in [5.74, 6) is 0. The molecule has 51 valence electrons. The summed E-state index contributed by atoms with van der Waals surface area (Å²) in [7, 11) is -3.49. The number of hydrogen-bond donors (Lipinski definition) is 0. The van der Waals surface area contributed by atoms with Crippen LogP contribution in [-0.4, -0.2) is 15.1 Å². The van der Waals surface area contributed by atoms with Crippen molar-refractivity contribution in [3.63, 3.8) is 0 Å². The van der Waals surface area contributed by atoms with Crippen molar-refractivity contribution in [2.45, 2.75) is 6.42 Å². The van der Waals surface area contributed by atoms with E-state index >= 15 is 0 Å². The zero-order valence-electron chi connectivity index (χ0n) is 5.00. The molecule has 0 N–H and O–H groups in total. The maximum Gasteiger partial charge on any atom is 0.277 e. The molecule has 0 aromatic rings. The highest BCUT2D eigenvalue weighted by atomic mass is 32.2. The molecule has 0 aliphatic heterocycles. The number of sulfonamides is 1. The van der Waals surface area contributed by atoms with Gasteiger partial charge in [0, 0.05) is 6.72 Å². The highest BCUT2D eigenvalue weighted by Gasteiger charge is 2.08. The van der Waals surface area contributed by atoms with Gasteiger partial charge in [-0.25, -0.2) is 0 Å². The molecule has 0 saturated heterocycles.